The molecule has 0 bridgehead atoms. The highest BCUT2D eigenvalue weighted by Crippen LogP contribution is 2.27. The lowest BCUT2D eigenvalue weighted by molar-refractivity contribution is -0.119. The summed E-state index contributed by atoms with van der Waals surface area (Å²) in [5.74, 6) is -0.157. The Morgan fingerprint density at radius 1 is 1.26 bits per heavy atom. The van der Waals surface area contributed by atoms with Gasteiger partial charge in [-0.3, -0.25) is 4.79 Å². The summed E-state index contributed by atoms with van der Waals surface area (Å²) < 4.78 is 4.99. The van der Waals surface area contributed by atoms with Gasteiger partial charge in [-0.15, -0.1) is 0 Å². The number of carbonyl (C=O) groups is 1. The van der Waals surface area contributed by atoms with E-state index in [9.17, 15) is 4.79 Å². The zero-order valence-corrected chi connectivity index (χ0v) is 11.3. The summed E-state index contributed by atoms with van der Waals surface area (Å²) in [6.45, 7) is -0.193. The van der Waals surface area contributed by atoms with Crippen molar-refractivity contribution in [3.8, 4) is 5.75 Å². The minimum absolute atomic E-state index is 0.193. The Balaban J connectivity index is 0.000000250. The van der Waals surface area contributed by atoms with Crippen LogP contribution >= 0.6 is 23.2 Å². The third-order valence-corrected chi connectivity index (χ3v) is 2.27. The average Bonchev–Trinajstić information content (AvgIpc) is 2.40. The quantitative estimate of drug-likeness (QED) is 0.943. The molecule has 2 rings (SSSR count). The molecule has 0 aliphatic rings. The highest BCUT2D eigenvalue weighted by Gasteiger charge is 2.03. The molecule has 2 N–H and O–H groups in total. The van der Waals surface area contributed by atoms with Gasteiger partial charge in [-0.05, 0) is 24.3 Å². The van der Waals surface area contributed by atoms with Crippen LogP contribution < -0.4 is 10.5 Å². The number of rotatable bonds is 3. The normalized spacial score (nSPS) is 9.16. The first-order chi connectivity index (χ1) is 9.09. The lowest BCUT2D eigenvalue weighted by Gasteiger charge is -2.05. The molecule has 1 aromatic heterocycles. The lowest BCUT2D eigenvalue weighted by Crippen LogP contribution is -2.20. The molecule has 0 aliphatic carbocycles. The number of benzene rings is 1. The largest absolute Gasteiger partial charge is 0.482 e. The third-order valence-electron chi connectivity index (χ3n) is 1.74. The van der Waals surface area contributed by atoms with Gasteiger partial charge in [0.2, 0.25) is 0 Å². The van der Waals surface area contributed by atoms with Gasteiger partial charge >= 0.3 is 0 Å². The summed E-state index contributed by atoms with van der Waals surface area (Å²) in [7, 11) is 0. The summed E-state index contributed by atoms with van der Waals surface area (Å²) in [4.78, 5) is 17.7. The van der Waals surface area contributed by atoms with Crippen molar-refractivity contribution in [1.29, 1.82) is 0 Å². The maximum atomic E-state index is 10.4. The van der Waals surface area contributed by atoms with Crippen LogP contribution in [0.5, 0.6) is 5.75 Å². The molecule has 7 heteroatoms. The molecule has 1 amide bonds. The first-order valence-electron chi connectivity index (χ1n) is 5.15. The molecule has 0 spiro atoms. The fourth-order valence-corrected chi connectivity index (χ4v) is 1.46. The molecule has 0 saturated heterocycles. The smallest absolute Gasteiger partial charge is 0.255 e. The van der Waals surface area contributed by atoms with E-state index < -0.39 is 5.91 Å². The fraction of sp³-hybridized carbons (Fsp3) is 0.0833. The van der Waals surface area contributed by atoms with Crippen molar-refractivity contribution in [2.75, 3.05) is 6.61 Å². The van der Waals surface area contributed by atoms with Gasteiger partial charge in [-0.1, -0.05) is 23.2 Å². The predicted molar refractivity (Wildman–Crippen MR) is 73.2 cm³/mol. The summed E-state index contributed by atoms with van der Waals surface area (Å²) in [5, 5.41) is 0.866. The monoisotopic (exact) mass is 299 g/mol. The minimum atomic E-state index is -0.550. The van der Waals surface area contributed by atoms with E-state index in [1.54, 1.807) is 30.6 Å². The van der Waals surface area contributed by atoms with Gasteiger partial charge in [-0.25, -0.2) is 9.97 Å². The molecule has 0 aliphatic heterocycles. The Bertz CT molecular complexity index is 497. The molecule has 0 radical (unpaired) electrons. The van der Waals surface area contributed by atoms with E-state index in [1.807, 2.05) is 0 Å². The Morgan fingerprint density at radius 2 is 1.95 bits per heavy atom. The van der Waals surface area contributed by atoms with Gasteiger partial charge < -0.3 is 10.5 Å². The van der Waals surface area contributed by atoms with Crippen molar-refractivity contribution in [3.63, 3.8) is 0 Å². The van der Waals surface area contributed by atoms with E-state index in [0.29, 0.717) is 15.8 Å². The van der Waals surface area contributed by atoms with Crippen molar-refractivity contribution < 1.29 is 9.53 Å². The van der Waals surface area contributed by atoms with Gasteiger partial charge in [0, 0.05) is 17.4 Å². The predicted octanol–water partition coefficient (Wildman–Crippen LogP) is 2.33. The molecule has 1 aromatic carbocycles. The van der Waals surface area contributed by atoms with Crippen LogP contribution in [-0.4, -0.2) is 22.5 Å². The zero-order chi connectivity index (χ0) is 14.1. The molecule has 0 fully saturated rings. The number of ether oxygens (including phenoxy) is 1. The summed E-state index contributed by atoms with van der Waals surface area (Å²) >= 11 is 11.4. The Labute approximate surface area is 120 Å². The standard InChI is InChI=1S/C8H7Cl2NO2.C4H4N2/c9-5-1-2-7(6(10)3-5)13-4-8(11)12;1-2-5-4-6-3-1/h1-3H,4H2,(H2,11,12);1-4H. The van der Waals surface area contributed by atoms with Gasteiger partial charge in [0.1, 0.15) is 12.1 Å². The van der Waals surface area contributed by atoms with E-state index in [-0.39, 0.29) is 6.61 Å². The number of halogens is 2. The van der Waals surface area contributed by atoms with Crippen LogP contribution in [-0.2, 0) is 4.79 Å². The first-order valence-corrected chi connectivity index (χ1v) is 5.91. The lowest BCUT2D eigenvalue weighted by atomic mass is 10.3. The zero-order valence-electron chi connectivity index (χ0n) is 9.79. The molecular weight excluding hydrogens is 289 g/mol. The molecule has 1 heterocycles. The highest BCUT2D eigenvalue weighted by molar-refractivity contribution is 6.35. The summed E-state index contributed by atoms with van der Waals surface area (Å²) in [6, 6.07) is 6.50. The Morgan fingerprint density at radius 3 is 2.37 bits per heavy atom. The molecule has 0 atom stereocenters. The molecule has 2 aromatic rings. The molecule has 0 unspecified atom stereocenters. The van der Waals surface area contributed by atoms with Crippen LogP contribution in [0.1, 0.15) is 0 Å². The van der Waals surface area contributed by atoms with E-state index in [1.165, 1.54) is 12.4 Å². The molecule has 100 valence electrons. The topological polar surface area (TPSA) is 78.1 Å². The van der Waals surface area contributed by atoms with Crippen LogP contribution in [0.4, 0.5) is 0 Å². The van der Waals surface area contributed by atoms with Crippen LogP contribution in [0.25, 0.3) is 0 Å². The van der Waals surface area contributed by atoms with Crippen molar-refractivity contribution in [2.24, 2.45) is 5.73 Å². The number of primary amides is 1. The van der Waals surface area contributed by atoms with Crippen LogP contribution in [0.15, 0.2) is 43.0 Å². The Hall–Kier alpha value is -1.85. The fourth-order valence-electron chi connectivity index (χ4n) is 0.994. The van der Waals surface area contributed by atoms with E-state index in [0.717, 1.165) is 0 Å². The van der Waals surface area contributed by atoms with Crippen molar-refractivity contribution in [2.45, 2.75) is 0 Å². The number of amides is 1. The molecule has 19 heavy (non-hydrogen) atoms. The minimum Gasteiger partial charge on any atom is -0.482 e. The molecule has 0 saturated carbocycles. The second kappa shape index (κ2) is 8.29. The number of hydrogen-bond acceptors (Lipinski definition) is 4. The Kier molecular flexibility index (Phi) is 6.63. The van der Waals surface area contributed by atoms with Crippen molar-refractivity contribution in [3.05, 3.63) is 53.0 Å². The SMILES string of the molecule is NC(=O)COc1ccc(Cl)cc1Cl.c1cncnc1. The van der Waals surface area contributed by atoms with Gasteiger partial charge in [0.25, 0.3) is 5.91 Å². The van der Waals surface area contributed by atoms with E-state index in [2.05, 4.69) is 9.97 Å². The molecule has 5 nitrogen and oxygen atoms in total. The number of hydrogen-bond donors (Lipinski definition) is 1. The highest BCUT2D eigenvalue weighted by atomic mass is 35.5. The number of carbonyl (C=O) groups excluding carboxylic acids is 1. The summed E-state index contributed by atoms with van der Waals surface area (Å²) in [6.07, 6.45) is 4.88. The van der Waals surface area contributed by atoms with Gasteiger partial charge in [0.05, 0.1) is 5.02 Å². The van der Waals surface area contributed by atoms with Crippen LogP contribution in [0, 0.1) is 0 Å². The van der Waals surface area contributed by atoms with Gasteiger partial charge in [-0.2, -0.15) is 0 Å². The van der Waals surface area contributed by atoms with Crippen molar-refractivity contribution in [1.82, 2.24) is 9.97 Å². The van der Waals surface area contributed by atoms with E-state index in [4.69, 9.17) is 33.7 Å². The number of nitrogens with two attached hydrogens (primary N) is 1. The van der Waals surface area contributed by atoms with Crippen LogP contribution in [0.2, 0.25) is 10.0 Å². The second-order valence-electron chi connectivity index (χ2n) is 3.23. The first kappa shape index (κ1) is 15.2. The van der Waals surface area contributed by atoms with Gasteiger partial charge in [0.15, 0.2) is 6.61 Å². The number of aromatic nitrogens is 2. The average molecular weight is 300 g/mol. The summed E-state index contributed by atoms with van der Waals surface area (Å²) in [5.41, 5.74) is 4.89. The van der Waals surface area contributed by atoms with Crippen molar-refractivity contribution >= 4 is 29.1 Å². The maximum Gasteiger partial charge on any atom is 0.255 e. The van der Waals surface area contributed by atoms with E-state index >= 15 is 0 Å². The second-order valence-corrected chi connectivity index (χ2v) is 4.08. The third kappa shape index (κ3) is 6.59. The number of nitrogens with zero attached hydrogens (tertiary/aromatic N) is 2. The van der Waals surface area contributed by atoms with Crippen LogP contribution in [0.3, 0.4) is 0 Å². The maximum absolute atomic E-state index is 10.4. The molecular formula is C12H11Cl2N3O2.